The zero-order chi connectivity index (χ0) is 19.6. The van der Waals surface area contributed by atoms with Crippen LogP contribution in [0.1, 0.15) is 37.3 Å². The van der Waals surface area contributed by atoms with Crippen LogP contribution in [0.15, 0.2) is 77.3 Å². The van der Waals surface area contributed by atoms with Crippen LogP contribution in [0.3, 0.4) is 0 Å². The lowest BCUT2D eigenvalue weighted by Gasteiger charge is -2.24. The number of carbonyl (C=O) groups is 1. The molecule has 2 aromatic rings. The second-order valence-corrected chi connectivity index (χ2v) is 7.73. The highest BCUT2D eigenvalue weighted by Gasteiger charge is 2.24. The molecular formula is C23H24BrClO2. The number of hydrogen-bond donors (Lipinski definition) is 0. The van der Waals surface area contributed by atoms with Gasteiger partial charge in [-0.1, -0.05) is 77.5 Å². The van der Waals surface area contributed by atoms with Gasteiger partial charge in [-0.25, -0.2) is 0 Å². The Morgan fingerprint density at radius 2 is 1.93 bits per heavy atom. The Hall–Kier alpha value is -1.84. The fourth-order valence-electron chi connectivity index (χ4n) is 2.91. The summed E-state index contributed by atoms with van der Waals surface area (Å²) in [6.45, 7) is 4.53. The first kappa shape index (κ1) is 21.5. The third kappa shape index (κ3) is 7.00. The molecule has 0 spiro atoms. The largest absolute Gasteiger partial charge is 0.489 e. The van der Waals surface area contributed by atoms with Gasteiger partial charge in [0, 0.05) is 16.8 Å². The molecule has 27 heavy (non-hydrogen) atoms. The van der Waals surface area contributed by atoms with Crippen molar-refractivity contribution in [2.24, 2.45) is 5.92 Å². The van der Waals surface area contributed by atoms with Crippen molar-refractivity contribution in [3.63, 3.8) is 0 Å². The third-order valence-electron chi connectivity index (χ3n) is 4.34. The van der Waals surface area contributed by atoms with E-state index in [4.69, 9.17) is 16.3 Å². The van der Waals surface area contributed by atoms with Crippen molar-refractivity contribution < 1.29 is 9.53 Å². The summed E-state index contributed by atoms with van der Waals surface area (Å²) < 4.78 is 7.05. The van der Waals surface area contributed by atoms with Crippen LogP contribution in [0.2, 0.25) is 0 Å². The fourth-order valence-corrected chi connectivity index (χ4v) is 3.46. The maximum absolute atomic E-state index is 11.7. The van der Waals surface area contributed by atoms with Gasteiger partial charge in [0.2, 0.25) is 5.24 Å². The molecule has 2 aromatic carbocycles. The number of ether oxygens (including phenoxy) is 1. The molecule has 0 aliphatic carbocycles. The first-order valence-corrected chi connectivity index (χ1v) is 10.1. The van der Waals surface area contributed by atoms with E-state index < -0.39 is 0 Å². The number of hydrogen-bond acceptors (Lipinski definition) is 2. The molecule has 2 unspecified atom stereocenters. The Morgan fingerprint density at radius 3 is 2.59 bits per heavy atom. The SMILES string of the molecule is C/C=C\C=C/C(C)C(CC(=O)Cl)c1cc(Br)ccc1OCc1ccccc1. The van der Waals surface area contributed by atoms with Gasteiger partial charge in [-0.2, -0.15) is 0 Å². The van der Waals surface area contributed by atoms with E-state index >= 15 is 0 Å². The second kappa shape index (κ2) is 11.1. The lowest BCUT2D eigenvalue weighted by Crippen LogP contribution is -2.13. The van der Waals surface area contributed by atoms with Crippen LogP contribution < -0.4 is 4.74 Å². The third-order valence-corrected chi connectivity index (χ3v) is 4.99. The summed E-state index contributed by atoms with van der Waals surface area (Å²) in [6, 6.07) is 15.9. The Balaban J connectivity index is 2.32. The van der Waals surface area contributed by atoms with Gasteiger partial charge >= 0.3 is 0 Å². The van der Waals surface area contributed by atoms with Crippen LogP contribution in [0, 0.1) is 5.92 Å². The van der Waals surface area contributed by atoms with Crippen LogP contribution in [0.25, 0.3) is 0 Å². The lowest BCUT2D eigenvalue weighted by atomic mass is 9.84. The van der Waals surface area contributed by atoms with E-state index in [2.05, 4.69) is 28.9 Å². The van der Waals surface area contributed by atoms with Crippen LogP contribution in [-0.4, -0.2) is 5.24 Å². The minimum absolute atomic E-state index is 0.0696. The standard InChI is InChI=1S/C23H24BrClO2/c1-3-4-6-9-17(2)20(15-23(25)26)21-14-19(24)12-13-22(21)27-16-18-10-7-5-8-11-18/h3-14,17,20H,15-16H2,1-2H3/b4-3-,9-6-. The lowest BCUT2D eigenvalue weighted by molar-refractivity contribution is -0.112. The van der Waals surface area contributed by atoms with Gasteiger partial charge in [0.15, 0.2) is 0 Å². The molecule has 0 aromatic heterocycles. The quantitative estimate of drug-likeness (QED) is 0.304. The molecule has 0 fully saturated rings. The summed E-state index contributed by atoms with van der Waals surface area (Å²) in [6.07, 6.45) is 8.29. The summed E-state index contributed by atoms with van der Waals surface area (Å²) in [4.78, 5) is 11.7. The highest BCUT2D eigenvalue weighted by atomic mass is 79.9. The summed E-state index contributed by atoms with van der Waals surface area (Å²) in [5.41, 5.74) is 2.07. The number of allylic oxidation sites excluding steroid dienone is 4. The van der Waals surface area contributed by atoms with Crippen LogP contribution in [0.4, 0.5) is 0 Å². The highest BCUT2D eigenvalue weighted by molar-refractivity contribution is 9.10. The van der Waals surface area contributed by atoms with Gasteiger partial charge in [-0.05, 0) is 53.8 Å². The van der Waals surface area contributed by atoms with Crippen molar-refractivity contribution in [3.05, 3.63) is 88.4 Å². The fraction of sp³-hybridized carbons (Fsp3) is 0.261. The maximum Gasteiger partial charge on any atom is 0.222 e. The average Bonchev–Trinajstić information content (AvgIpc) is 2.66. The predicted molar refractivity (Wildman–Crippen MR) is 116 cm³/mol. The van der Waals surface area contributed by atoms with Crippen molar-refractivity contribution in [1.82, 2.24) is 0 Å². The molecule has 142 valence electrons. The van der Waals surface area contributed by atoms with Gasteiger partial charge in [0.1, 0.15) is 12.4 Å². The van der Waals surface area contributed by atoms with Gasteiger partial charge < -0.3 is 4.74 Å². The highest BCUT2D eigenvalue weighted by Crippen LogP contribution is 2.38. The van der Waals surface area contributed by atoms with E-state index in [0.29, 0.717) is 6.61 Å². The molecule has 0 amide bonds. The van der Waals surface area contributed by atoms with Crippen LogP contribution in [0.5, 0.6) is 5.75 Å². The van der Waals surface area contributed by atoms with Gasteiger partial charge in [0.05, 0.1) is 0 Å². The summed E-state index contributed by atoms with van der Waals surface area (Å²) in [5.74, 6) is 0.827. The molecule has 0 radical (unpaired) electrons. The average molecular weight is 448 g/mol. The van der Waals surface area contributed by atoms with Crippen molar-refractivity contribution in [2.75, 3.05) is 0 Å². The minimum Gasteiger partial charge on any atom is -0.489 e. The summed E-state index contributed by atoms with van der Waals surface area (Å²) >= 11 is 9.30. The predicted octanol–water partition coefficient (Wildman–Crippen LogP) is 7.04. The van der Waals surface area contributed by atoms with Crippen molar-refractivity contribution in [3.8, 4) is 5.75 Å². The van der Waals surface area contributed by atoms with E-state index in [1.807, 2.05) is 73.7 Å². The first-order chi connectivity index (χ1) is 13.0. The molecule has 0 aliphatic rings. The smallest absolute Gasteiger partial charge is 0.222 e. The van der Waals surface area contributed by atoms with Gasteiger partial charge in [-0.15, -0.1) is 0 Å². The molecule has 0 N–H and O–H groups in total. The molecule has 4 heteroatoms. The van der Waals surface area contributed by atoms with Crippen LogP contribution >= 0.6 is 27.5 Å². The number of carbonyl (C=O) groups excluding carboxylic acids is 1. The van der Waals surface area contributed by atoms with E-state index in [0.717, 1.165) is 21.3 Å². The van der Waals surface area contributed by atoms with E-state index in [-0.39, 0.29) is 23.5 Å². The molecule has 0 saturated carbocycles. The molecule has 0 saturated heterocycles. The van der Waals surface area contributed by atoms with E-state index in [9.17, 15) is 4.79 Å². The van der Waals surface area contributed by atoms with Crippen molar-refractivity contribution in [2.45, 2.75) is 32.8 Å². The maximum atomic E-state index is 11.7. The number of benzene rings is 2. The van der Waals surface area contributed by atoms with Gasteiger partial charge in [-0.3, -0.25) is 4.79 Å². The normalized spacial score (nSPS) is 13.8. The zero-order valence-electron chi connectivity index (χ0n) is 15.6. The van der Waals surface area contributed by atoms with Crippen LogP contribution in [-0.2, 0) is 11.4 Å². The topological polar surface area (TPSA) is 26.3 Å². The van der Waals surface area contributed by atoms with Crippen molar-refractivity contribution >= 4 is 32.8 Å². The van der Waals surface area contributed by atoms with Gasteiger partial charge in [0.25, 0.3) is 0 Å². The Morgan fingerprint density at radius 1 is 1.19 bits per heavy atom. The summed E-state index contributed by atoms with van der Waals surface area (Å²) in [5, 5.41) is -0.347. The molecule has 2 rings (SSSR count). The first-order valence-electron chi connectivity index (χ1n) is 8.95. The monoisotopic (exact) mass is 446 g/mol. The Labute approximate surface area is 175 Å². The Kier molecular flexibility index (Phi) is 8.83. The zero-order valence-corrected chi connectivity index (χ0v) is 17.9. The molecule has 2 atom stereocenters. The Bertz CT molecular complexity index is 799. The number of halogens is 2. The molecule has 0 aliphatic heterocycles. The van der Waals surface area contributed by atoms with E-state index in [1.165, 1.54) is 0 Å². The van der Waals surface area contributed by atoms with Crippen molar-refractivity contribution in [1.29, 1.82) is 0 Å². The number of rotatable bonds is 9. The molecule has 0 heterocycles. The summed E-state index contributed by atoms with van der Waals surface area (Å²) in [7, 11) is 0. The van der Waals surface area contributed by atoms with E-state index in [1.54, 1.807) is 0 Å². The minimum atomic E-state index is -0.347. The molecule has 2 nitrogen and oxygen atoms in total. The molecule has 0 bridgehead atoms. The second-order valence-electron chi connectivity index (χ2n) is 6.39. The molecular weight excluding hydrogens is 424 g/mol.